The third-order valence-electron chi connectivity index (χ3n) is 1.01. The van der Waals surface area contributed by atoms with Crippen LogP contribution in [0.1, 0.15) is 0 Å². The molecule has 1 heterocycles. The summed E-state index contributed by atoms with van der Waals surface area (Å²) in [5, 5.41) is 0. The molecule has 0 N–H and O–H groups in total. The summed E-state index contributed by atoms with van der Waals surface area (Å²) < 4.78 is 5.26. The predicted octanol–water partition coefficient (Wildman–Crippen LogP) is 1.85. The summed E-state index contributed by atoms with van der Waals surface area (Å²) >= 11 is 0. The predicted molar refractivity (Wildman–Crippen MR) is 34.9 cm³/mol. The van der Waals surface area contributed by atoms with Crippen LogP contribution in [0.4, 0.5) is 0 Å². The van der Waals surface area contributed by atoms with E-state index in [1.54, 1.807) is 6.26 Å². The quantitative estimate of drug-likeness (QED) is 0.441. The molecule has 0 saturated carbocycles. The molecule has 0 bridgehead atoms. The van der Waals surface area contributed by atoms with E-state index >= 15 is 0 Å². The van der Waals surface area contributed by atoms with E-state index in [9.17, 15) is 0 Å². The minimum atomic E-state index is -1.58. The van der Waals surface area contributed by atoms with Gasteiger partial charge < -0.3 is 0 Å². The van der Waals surface area contributed by atoms with Gasteiger partial charge in [0, 0.05) is 0 Å². The molecular formula is C5H11OP. The van der Waals surface area contributed by atoms with Crippen molar-refractivity contribution >= 4 is 6.83 Å². The van der Waals surface area contributed by atoms with Crippen molar-refractivity contribution in [3.63, 3.8) is 0 Å². The summed E-state index contributed by atoms with van der Waals surface area (Å²) in [6.07, 6.45) is 1.78. The third-order valence-corrected chi connectivity index (χ3v) is 3.02. The van der Waals surface area contributed by atoms with E-state index in [1.807, 2.05) is 0 Å². The van der Waals surface area contributed by atoms with Crippen molar-refractivity contribution in [3.8, 4) is 0 Å². The average molecular weight is 118 g/mol. The first-order chi connectivity index (χ1) is 2.97. The summed E-state index contributed by atoms with van der Waals surface area (Å²) in [4.78, 5) is 0. The van der Waals surface area contributed by atoms with Crippen LogP contribution >= 0.6 is 6.83 Å². The molecule has 0 radical (unpaired) electrons. The molecule has 0 aromatic rings. The summed E-state index contributed by atoms with van der Waals surface area (Å²) in [6, 6.07) is 0. The first kappa shape index (κ1) is 5.11. The summed E-state index contributed by atoms with van der Waals surface area (Å²) in [5.41, 5.74) is 0. The Bertz CT molecular complexity index is 118. The van der Waals surface area contributed by atoms with E-state index in [-0.39, 0.29) is 0 Å². The summed E-state index contributed by atoms with van der Waals surface area (Å²) in [7, 11) is 0. The van der Waals surface area contributed by atoms with Crippen LogP contribution in [-0.2, 0) is 4.52 Å². The van der Waals surface area contributed by atoms with E-state index in [0.717, 1.165) is 0 Å². The molecule has 1 rings (SSSR count). The fourth-order valence-corrected chi connectivity index (χ4v) is 1.28. The van der Waals surface area contributed by atoms with Gasteiger partial charge in [-0.05, 0) is 0 Å². The zero-order chi connectivity index (χ0) is 5.57. The maximum absolute atomic E-state index is 5.26. The van der Waals surface area contributed by atoms with E-state index in [0.29, 0.717) is 0 Å². The molecule has 0 aromatic heterocycles. The average Bonchev–Trinajstić information content (AvgIpc) is 1.30. The van der Waals surface area contributed by atoms with Gasteiger partial charge in [-0.15, -0.1) is 0 Å². The Morgan fingerprint density at radius 2 is 1.57 bits per heavy atom. The van der Waals surface area contributed by atoms with Crippen LogP contribution in [0.3, 0.4) is 0 Å². The topological polar surface area (TPSA) is 9.23 Å². The Morgan fingerprint density at radius 3 is 1.57 bits per heavy atom. The molecule has 0 unspecified atom stereocenters. The molecular weight excluding hydrogens is 107 g/mol. The first-order valence-corrected chi connectivity index (χ1v) is 5.92. The van der Waals surface area contributed by atoms with Crippen LogP contribution in [0.25, 0.3) is 0 Å². The fourth-order valence-electron chi connectivity index (χ4n) is 0.426. The molecule has 7 heavy (non-hydrogen) atoms. The van der Waals surface area contributed by atoms with Gasteiger partial charge in [0.25, 0.3) is 0 Å². The van der Waals surface area contributed by atoms with Crippen molar-refractivity contribution in [1.29, 1.82) is 0 Å². The van der Waals surface area contributed by atoms with E-state index in [4.69, 9.17) is 4.52 Å². The Hall–Kier alpha value is -0.0300. The van der Waals surface area contributed by atoms with Crippen molar-refractivity contribution in [1.82, 2.24) is 0 Å². The van der Waals surface area contributed by atoms with Crippen molar-refractivity contribution in [3.05, 3.63) is 12.1 Å². The standard InChI is InChI=1S/C5H11OP/c1-7(2,3)5-4-6-7/h4-5H,1-3H3. The zero-order valence-corrected chi connectivity index (χ0v) is 5.90. The second-order valence-corrected chi connectivity index (χ2v) is 9.21. The second kappa shape index (κ2) is 0.877. The SMILES string of the molecule is CP1(C)(C)C=CO1. The fraction of sp³-hybridized carbons (Fsp3) is 0.600. The Kier molecular flexibility index (Phi) is 0.640. The first-order valence-electron chi connectivity index (χ1n) is 2.35. The molecule has 2 heteroatoms. The maximum atomic E-state index is 5.26. The molecule has 0 aliphatic carbocycles. The number of rotatable bonds is 0. The summed E-state index contributed by atoms with van der Waals surface area (Å²) in [5.74, 6) is 2.17. The van der Waals surface area contributed by atoms with Gasteiger partial charge in [0.2, 0.25) is 0 Å². The Balaban J connectivity index is 2.83. The van der Waals surface area contributed by atoms with Crippen molar-refractivity contribution < 1.29 is 4.52 Å². The van der Waals surface area contributed by atoms with Crippen molar-refractivity contribution in [2.24, 2.45) is 0 Å². The summed E-state index contributed by atoms with van der Waals surface area (Å²) in [6.45, 7) is 4.94. The molecule has 0 spiro atoms. The Morgan fingerprint density at radius 1 is 1.29 bits per heavy atom. The van der Waals surface area contributed by atoms with Crippen LogP contribution in [0.15, 0.2) is 12.1 Å². The molecule has 1 aliphatic rings. The molecule has 0 aromatic carbocycles. The normalized spacial score (nSPS) is 36.7. The minimum absolute atomic E-state index is 1.58. The zero-order valence-electron chi connectivity index (χ0n) is 5.01. The molecule has 0 atom stereocenters. The molecule has 0 fully saturated rings. The third kappa shape index (κ3) is 0.947. The van der Waals surface area contributed by atoms with Gasteiger partial charge in [-0.1, -0.05) is 0 Å². The van der Waals surface area contributed by atoms with Gasteiger partial charge in [-0.25, -0.2) is 0 Å². The van der Waals surface area contributed by atoms with E-state index in [2.05, 4.69) is 25.8 Å². The molecule has 0 saturated heterocycles. The van der Waals surface area contributed by atoms with Gasteiger partial charge in [0.05, 0.1) is 0 Å². The molecule has 1 nitrogen and oxygen atoms in total. The van der Waals surface area contributed by atoms with E-state index < -0.39 is 6.83 Å². The molecule has 42 valence electrons. The van der Waals surface area contributed by atoms with Gasteiger partial charge in [-0.3, -0.25) is 0 Å². The van der Waals surface area contributed by atoms with Gasteiger partial charge in [0.15, 0.2) is 0 Å². The second-order valence-electron chi connectivity index (χ2n) is 3.16. The van der Waals surface area contributed by atoms with Gasteiger partial charge >= 0.3 is 43.4 Å². The number of hydrogen-bond donors (Lipinski definition) is 0. The van der Waals surface area contributed by atoms with Gasteiger partial charge in [0.1, 0.15) is 0 Å². The van der Waals surface area contributed by atoms with Gasteiger partial charge in [-0.2, -0.15) is 0 Å². The van der Waals surface area contributed by atoms with Crippen molar-refractivity contribution in [2.75, 3.05) is 20.0 Å². The Labute approximate surface area is 44.4 Å². The van der Waals surface area contributed by atoms with Crippen molar-refractivity contribution in [2.45, 2.75) is 0 Å². The monoisotopic (exact) mass is 118 g/mol. The van der Waals surface area contributed by atoms with Crippen LogP contribution in [0, 0.1) is 0 Å². The molecule has 0 amide bonds. The van der Waals surface area contributed by atoms with Crippen LogP contribution < -0.4 is 0 Å². The molecule has 1 aliphatic heterocycles. The van der Waals surface area contributed by atoms with E-state index in [1.165, 1.54) is 0 Å². The van der Waals surface area contributed by atoms with Crippen LogP contribution in [-0.4, -0.2) is 20.0 Å². The van der Waals surface area contributed by atoms with Crippen LogP contribution in [0.5, 0.6) is 0 Å². The van der Waals surface area contributed by atoms with Crippen LogP contribution in [0.2, 0.25) is 0 Å². The number of hydrogen-bond acceptors (Lipinski definition) is 1.